The minimum absolute atomic E-state index is 0.215. The van der Waals surface area contributed by atoms with Gasteiger partial charge in [-0.2, -0.15) is 0 Å². The van der Waals surface area contributed by atoms with Gasteiger partial charge in [0.05, 0.1) is 12.2 Å². The van der Waals surface area contributed by atoms with E-state index < -0.39 is 23.6 Å². The summed E-state index contributed by atoms with van der Waals surface area (Å²) in [6.45, 7) is 2.25. The molecule has 1 aromatic rings. The van der Waals surface area contributed by atoms with Crippen LogP contribution in [0, 0.1) is 5.82 Å². The first-order valence-corrected chi connectivity index (χ1v) is 4.81. The van der Waals surface area contributed by atoms with Gasteiger partial charge in [-0.15, -0.1) is 0 Å². The van der Waals surface area contributed by atoms with Crippen molar-refractivity contribution >= 4 is 5.78 Å². The maximum Gasteiger partial charge on any atom is 0.300 e. The van der Waals surface area contributed by atoms with Crippen LogP contribution in [0.2, 0.25) is 0 Å². The Morgan fingerprint density at radius 3 is 2.69 bits per heavy atom. The van der Waals surface area contributed by atoms with Gasteiger partial charge in [-0.1, -0.05) is 6.92 Å². The molecule has 0 aromatic heterocycles. The highest BCUT2D eigenvalue weighted by atomic mass is 19.3. The number of carbonyl (C=O) groups is 1. The van der Waals surface area contributed by atoms with E-state index in [0.29, 0.717) is 6.61 Å². The molecule has 0 bridgehead atoms. The van der Waals surface area contributed by atoms with E-state index in [1.54, 1.807) is 0 Å². The Kier molecular flexibility index (Phi) is 4.34. The molecule has 0 aliphatic heterocycles. The van der Waals surface area contributed by atoms with Crippen LogP contribution in [0.3, 0.4) is 0 Å². The number of carbonyl (C=O) groups excluding carboxylic acids is 1. The quantitative estimate of drug-likeness (QED) is 0.729. The van der Waals surface area contributed by atoms with E-state index in [2.05, 4.69) is 0 Å². The Balaban J connectivity index is 2.94. The minimum Gasteiger partial charge on any atom is -0.494 e. The molecule has 0 fully saturated rings. The molecule has 2 nitrogen and oxygen atoms in total. The van der Waals surface area contributed by atoms with E-state index >= 15 is 0 Å². The molecule has 0 atom stereocenters. The number of rotatable bonds is 5. The van der Waals surface area contributed by atoms with Gasteiger partial charge >= 0.3 is 6.43 Å². The molecule has 0 unspecified atom stereocenters. The van der Waals surface area contributed by atoms with Gasteiger partial charge < -0.3 is 4.74 Å². The Morgan fingerprint density at radius 1 is 1.44 bits per heavy atom. The van der Waals surface area contributed by atoms with Crippen LogP contribution < -0.4 is 4.74 Å². The molecule has 5 heteroatoms. The highest BCUT2D eigenvalue weighted by Crippen LogP contribution is 2.19. The molecule has 1 aromatic carbocycles. The lowest BCUT2D eigenvalue weighted by molar-refractivity contribution is 0.0673. The van der Waals surface area contributed by atoms with Crippen molar-refractivity contribution in [2.24, 2.45) is 0 Å². The average molecular weight is 232 g/mol. The summed E-state index contributed by atoms with van der Waals surface area (Å²) in [5.41, 5.74) is -0.636. The number of Topliss-reactive ketones (excluding diaryl/α,β-unsaturated/α-hetero) is 1. The SMILES string of the molecule is CCCOc1ccc(F)c(C(=O)C(F)F)c1. The standard InChI is InChI=1S/C11H11F3O2/c1-2-5-16-7-3-4-9(12)8(6-7)10(15)11(13)14/h3-4,6,11H,2,5H2,1H3. The lowest BCUT2D eigenvalue weighted by atomic mass is 10.1. The molecule has 0 aliphatic rings. The van der Waals surface area contributed by atoms with Crippen LogP contribution in [-0.4, -0.2) is 18.8 Å². The predicted molar refractivity (Wildman–Crippen MR) is 52.5 cm³/mol. The van der Waals surface area contributed by atoms with Crippen LogP contribution in [0.25, 0.3) is 0 Å². The van der Waals surface area contributed by atoms with Crippen molar-refractivity contribution in [3.63, 3.8) is 0 Å². The maximum absolute atomic E-state index is 13.1. The Hall–Kier alpha value is -1.52. The molecule has 0 heterocycles. The summed E-state index contributed by atoms with van der Waals surface area (Å²) in [5, 5.41) is 0. The van der Waals surface area contributed by atoms with E-state index in [1.165, 1.54) is 6.07 Å². The van der Waals surface area contributed by atoms with Crippen LogP contribution >= 0.6 is 0 Å². The number of ether oxygens (including phenoxy) is 1. The maximum atomic E-state index is 13.1. The zero-order valence-electron chi connectivity index (χ0n) is 8.67. The first-order valence-electron chi connectivity index (χ1n) is 4.81. The highest BCUT2D eigenvalue weighted by Gasteiger charge is 2.21. The molecule has 0 aliphatic carbocycles. The fourth-order valence-electron chi connectivity index (χ4n) is 1.12. The Labute approximate surface area is 91.0 Å². The lowest BCUT2D eigenvalue weighted by Gasteiger charge is -2.07. The monoisotopic (exact) mass is 232 g/mol. The first-order chi connectivity index (χ1) is 7.56. The molecule has 0 saturated heterocycles. The third-order valence-electron chi connectivity index (χ3n) is 1.87. The zero-order valence-corrected chi connectivity index (χ0v) is 8.67. The molecule has 88 valence electrons. The number of benzene rings is 1. The third-order valence-corrected chi connectivity index (χ3v) is 1.87. The predicted octanol–water partition coefficient (Wildman–Crippen LogP) is 3.06. The second-order valence-corrected chi connectivity index (χ2v) is 3.16. The van der Waals surface area contributed by atoms with E-state index in [9.17, 15) is 18.0 Å². The van der Waals surface area contributed by atoms with Gasteiger partial charge in [-0.3, -0.25) is 4.79 Å². The van der Waals surface area contributed by atoms with Gasteiger partial charge in [0.1, 0.15) is 11.6 Å². The smallest absolute Gasteiger partial charge is 0.300 e. The lowest BCUT2D eigenvalue weighted by Crippen LogP contribution is -2.12. The second kappa shape index (κ2) is 5.53. The van der Waals surface area contributed by atoms with Gasteiger partial charge in [0, 0.05) is 0 Å². The van der Waals surface area contributed by atoms with Gasteiger partial charge in [0.25, 0.3) is 0 Å². The van der Waals surface area contributed by atoms with Crippen molar-refractivity contribution in [2.45, 2.75) is 19.8 Å². The minimum atomic E-state index is -3.21. The molecular formula is C11H11F3O2. The van der Waals surface area contributed by atoms with Crippen LogP contribution in [0.15, 0.2) is 18.2 Å². The summed E-state index contributed by atoms with van der Waals surface area (Å²) in [5.74, 6) is -2.28. The van der Waals surface area contributed by atoms with Crippen molar-refractivity contribution < 1.29 is 22.7 Å². The number of alkyl halides is 2. The number of halogens is 3. The van der Waals surface area contributed by atoms with Crippen molar-refractivity contribution in [1.29, 1.82) is 0 Å². The molecule has 1 rings (SSSR count). The number of hydrogen-bond acceptors (Lipinski definition) is 2. The van der Waals surface area contributed by atoms with E-state index in [4.69, 9.17) is 4.74 Å². The Morgan fingerprint density at radius 2 is 2.12 bits per heavy atom. The number of hydrogen-bond donors (Lipinski definition) is 0. The number of ketones is 1. The van der Waals surface area contributed by atoms with Gasteiger partial charge in [0.2, 0.25) is 5.78 Å². The van der Waals surface area contributed by atoms with Crippen LogP contribution in [0.1, 0.15) is 23.7 Å². The van der Waals surface area contributed by atoms with Gasteiger partial charge in [-0.25, -0.2) is 13.2 Å². The summed E-state index contributed by atoms with van der Waals surface area (Å²) in [4.78, 5) is 10.9. The van der Waals surface area contributed by atoms with E-state index in [1.807, 2.05) is 6.92 Å². The summed E-state index contributed by atoms with van der Waals surface area (Å²) in [7, 11) is 0. The summed E-state index contributed by atoms with van der Waals surface area (Å²) >= 11 is 0. The molecule has 0 saturated carbocycles. The molecule has 0 spiro atoms. The van der Waals surface area contributed by atoms with Crippen LogP contribution in [0.4, 0.5) is 13.2 Å². The largest absolute Gasteiger partial charge is 0.494 e. The van der Waals surface area contributed by atoms with Gasteiger partial charge in [0.15, 0.2) is 0 Å². The Bertz CT molecular complexity index is 377. The zero-order chi connectivity index (χ0) is 12.1. The van der Waals surface area contributed by atoms with Crippen molar-refractivity contribution in [1.82, 2.24) is 0 Å². The molecule has 0 N–H and O–H groups in total. The van der Waals surface area contributed by atoms with Gasteiger partial charge in [-0.05, 0) is 24.6 Å². The normalized spacial score (nSPS) is 10.6. The van der Waals surface area contributed by atoms with Crippen LogP contribution in [-0.2, 0) is 0 Å². The van der Waals surface area contributed by atoms with Crippen molar-refractivity contribution in [3.05, 3.63) is 29.6 Å². The topological polar surface area (TPSA) is 26.3 Å². The molecule has 0 radical (unpaired) electrons. The summed E-state index contributed by atoms with van der Waals surface area (Å²) in [6, 6.07) is 3.24. The van der Waals surface area contributed by atoms with Crippen molar-refractivity contribution in [3.8, 4) is 5.75 Å². The van der Waals surface area contributed by atoms with Crippen molar-refractivity contribution in [2.75, 3.05) is 6.61 Å². The highest BCUT2D eigenvalue weighted by molar-refractivity contribution is 5.99. The fourth-order valence-corrected chi connectivity index (χ4v) is 1.12. The summed E-state index contributed by atoms with van der Waals surface area (Å²) < 4.78 is 42.5. The fraction of sp³-hybridized carbons (Fsp3) is 0.364. The third kappa shape index (κ3) is 2.98. The van der Waals surface area contributed by atoms with E-state index in [0.717, 1.165) is 18.6 Å². The summed E-state index contributed by atoms with van der Waals surface area (Å²) in [6.07, 6.45) is -2.48. The van der Waals surface area contributed by atoms with Crippen LogP contribution in [0.5, 0.6) is 5.75 Å². The molecular weight excluding hydrogens is 221 g/mol. The average Bonchev–Trinajstić information content (AvgIpc) is 2.27. The van der Waals surface area contributed by atoms with E-state index in [-0.39, 0.29) is 5.75 Å². The molecule has 16 heavy (non-hydrogen) atoms. The molecule has 0 amide bonds. The first kappa shape index (κ1) is 12.5. The second-order valence-electron chi connectivity index (χ2n) is 3.16.